The van der Waals surface area contributed by atoms with Gasteiger partial charge in [0, 0.05) is 28.4 Å². The van der Waals surface area contributed by atoms with Crippen LogP contribution in [0.5, 0.6) is 0 Å². The number of pyridine rings is 1. The predicted molar refractivity (Wildman–Crippen MR) is 109 cm³/mol. The molecule has 0 unspecified atom stereocenters. The lowest BCUT2D eigenvalue weighted by molar-refractivity contribution is -0.118. The van der Waals surface area contributed by atoms with Crippen molar-refractivity contribution in [3.8, 4) is 0 Å². The second-order valence-corrected chi connectivity index (χ2v) is 7.22. The Bertz CT molecular complexity index is 947. The number of hydrogen-bond donors (Lipinski definition) is 2. The van der Waals surface area contributed by atoms with Crippen LogP contribution in [0.1, 0.15) is 10.5 Å². The number of amides is 2. The van der Waals surface area contributed by atoms with Crippen molar-refractivity contribution < 1.29 is 9.59 Å². The first-order valence-electron chi connectivity index (χ1n) is 8.41. The minimum atomic E-state index is -0.259. The van der Waals surface area contributed by atoms with Crippen LogP contribution in [0.15, 0.2) is 65.6 Å². The van der Waals surface area contributed by atoms with E-state index in [0.29, 0.717) is 29.6 Å². The number of carbonyl (C=O) groups excluding carboxylic acids is 2. The van der Waals surface area contributed by atoms with Gasteiger partial charge in [0.2, 0.25) is 5.91 Å². The number of rotatable bonds is 7. The van der Waals surface area contributed by atoms with Gasteiger partial charge < -0.3 is 10.6 Å². The zero-order valence-electron chi connectivity index (χ0n) is 14.4. The van der Waals surface area contributed by atoms with Crippen LogP contribution in [0, 0.1) is 0 Å². The van der Waals surface area contributed by atoms with Crippen LogP contribution in [-0.4, -0.2) is 35.6 Å². The molecular formula is C20H18ClN3O2S. The molecule has 0 aliphatic heterocycles. The average molecular weight is 400 g/mol. The summed E-state index contributed by atoms with van der Waals surface area (Å²) in [7, 11) is 0. The fourth-order valence-corrected chi connectivity index (χ4v) is 3.25. The number of thioether (sulfide) groups is 1. The molecule has 1 heterocycles. The van der Waals surface area contributed by atoms with E-state index in [4.69, 9.17) is 11.6 Å². The Kier molecular flexibility index (Phi) is 6.68. The highest BCUT2D eigenvalue weighted by Crippen LogP contribution is 2.19. The third kappa shape index (κ3) is 5.70. The molecular weight excluding hydrogens is 382 g/mol. The van der Waals surface area contributed by atoms with Crippen molar-refractivity contribution in [2.24, 2.45) is 0 Å². The standard InChI is InChI=1S/C20H18ClN3O2S/c21-15-6-8-16(9-7-15)27-13-19(25)22-11-12-23-20(26)18-10-5-14-3-1-2-4-17(14)24-18/h1-10H,11-13H2,(H,22,25)(H,23,26). The number of nitrogens with one attached hydrogen (secondary N) is 2. The van der Waals surface area contributed by atoms with Crippen molar-refractivity contribution in [1.82, 2.24) is 15.6 Å². The van der Waals surface area contributed by atoms with Gasteiger partial charge in [-0.2, -0.15) is 0 Å². The monoisotopic (exact) mass is 399 g/mol. The van der Waals surface area contributed by atoms with E-state index in [2.05, 4.69) is 15.6 Å². The van der Waals surface area contributed by atoms with Crippen molar-refractivity contribution in [3.63, 3.8) is 0 Å². The Morgan fingerprint density at radius 1 is 0.926 bits per heavy atom. The van der Waals surface area contributed by atoms with E-state index in [1.54, 1.807) is 18.2 Å². The van der Waals surface area contributed by atoms with Crippen LogP contribution in [-0.2, 0) is 4.79 Å². The Labute approximate surface area is 166 Å². The lowest BCUT2D eigenvalue weighted by Crippen LogP contribution is -2.35. The van der Waals surface area contributed by atoms with Crippen molar-refractivity contribution in [2.45, 2.75) is 4.90 Å². The van der Waals surface area contributed by atoms with E-state index in [-0.39, 0.29) is 11.8 Å². The number of fused-ring (bicyclic) bond motifs is 1. The van der Waals surface area contributed by atoms with Crippen LogP contribution >= 0.6 is 23.4 Å². The molecule has 0 atom stereocenters. The van der Waals surface area contributed by atoms with Crippen LogP contribution in [0.2, 0.25) is 5.02 Å². The van der Waals surface area contributed by atoms with Gasteiger partial charge in [0.1, 0.15) is 5.69 Å². The average Bonchev–Trinajstić information content (AvgIpc) is 2.70. The molecule has 3 rings (SSSR count). The van der Waals surface area contributed by atoms with Gasteiger partial charge in [-0.1, -0.05) is 35.9 Å². The number of nitrogens with zero attached hydrogens (tertiary/aromatic N) is 1. The van der Waals surface area contributed by atoms with Gasteiger partial charge in [0.15, 0.2) is 0 Å². The summed E-state index contributed by atoms with van der Waals surface area (Å²) in [5.74, 6) is -0.0412. The quantitative estimate of drug-likeness (QED) is 0.471. The number of benzene rings is 2. The largest absolute Gasteiger partial charge is 0.354 e. The molecule has 2 N–H and O–H groups in total. The number of hydrogen-bond acceptors (Lipinski definition) is 4. The first kappa shape index (κ1) is 19.2. The van der Waals surface area contributed by atoms with E-state index in [1.165, 1.54) is 11.8 Å². The first-order chi connectivity index (χ1) is 13.1. The molecule has 138 valence electrons. The predicted octanol–water partition coefficient (Wildman–Crippen LogP) is 3.53. The summed E-state index contributed by atoms with van der Waals surface area (Å²) in [4.78, 5) is 29.4. The van der Waals surface area contributed by atoms with Gasteiger partial charge in [0.05, 0.1) is 11.3 Å². The van der Waals surface area contributed by atoms with Gasteiger partial charge >= 0.3 is 0 Å². The van der Waals surface area contributed by atoms with Crippen molar-refractivity contribution >= 4 is 46.1 Å². The Hall–Kier alpha value is -2.57. The number of para-hydroxylation sites is 1. The Balaban J connectivity index is 1.39. The van der Waals surface area contributed by atoms with Gasteiger partial charge in [-0.25, -0.2) is 4.98 Å². The molecule has 3 aromatic rings. The first-order valence-corrected chi connectivity index (χ1v) is 9.77. The molecule has 0 fully saturated rings. The maximum Gasteiger partial charge on any atom is 0.269 e. The van der Waals surface area contributed by atoms with Gasteiger partial charge in [0.25, 0.3) is 5.91 Å². The number of aromatic nitrogens is 1. The molecule has 7 heteroatoms. The summed E-state index contributed by atoms with van der Waals surface area (Å²) in [6, 6.07) is 18.5. The zero-order chi connectivity index (χ0) is 19.1. The molecule has 0 radical (unpaired) electrons. The fourth-order valence-electron chi connectivity index (χ4n) is 2.39. The molecule has 0 spiro atoms. The van der Waals surface area contributed by atoms with Gasteiger partial charge in [-0.05, 0) is 36.4 Å². The summed E-state index contributed by atoms with van der Waals surface area (Å²) in [6.07, 6.45) is 0. The van der Waals surface area contributed by atoms with E-state index in [9.17, 15) is 9.59 Å². The maximum absolute atomic E-state index is 12.2. The van der Waals surface area contributed by atoms with Crippen LogP contribution in [0.25, 0.3) is 10.9 Å². The highest BCUT2D eigenvalue weighted by Gasteiger charge is 2.08. The minimum absolute atomic E-state index is 0.0898. The van der Waals surface area contributed by atoms with Crippen LogP contribution in [0.3, 0.4) is 0 Å². The lowest BCUT2D eigenvalue weighted by atomic mass is 10.2. The molecule has 0 bridgehead atoms. The van der Waals surface area contributed by atoms with Crippen molar-refractivity contribution in [1.29, 1.82) is 0 Å². The molecule has 0 aliphatic rings. The molecule has 1 aromatic heterocycles. The molecule has 0 aliphatic carbocycles. The maximum atomic E-state index is 12.2. The summed E-state index contributed by atoms with van der Waals surface area (Å²) in [5, 5.41) is 7.19. The summed E-state index contributed by atoms with van der Waals surface area (Å²) in [5.41, 5.74) is 1.14. The highest BCUT2D eigenvalue weighted by molar-refractivity contribution is 8.00. The van der Waals surface area contributed by atoms with Gasteiger partial charge in [-0.3, -0.25) is 9.59 Å². The molecule has 5 nitrogen and oxygen atoms in total. The van der Waals surface area contributed by atoms with Crippen molar-refractivity contribution in [2.75, 3.05) is 18.8 Å². The van der Waals surface area contributed by atoms with E-state index in [1.807, 2.05) is 42.5 Å². The van der Waals surface area contributed by atoms with Crippen LogP contribution < -0.4 is 10.6 Å². The third-order valence-corrected chi connectivity index (χ3v) is 5.01. The second kappa shape index (κ2) is 9.39. The molecule has 2 aromatic carbocycles. The van der Waals surface area contributed by atoms with Crippen molar-refractivity contribution in [3.05, 3.63) is 71.4 Å². The highest BCUT2D eigenvalue weighted by atomic mass is 35.5. The normalized spacial score (nSPS) is 10.6. The Morgan fingerprint density at radius 3 is 2.48 bits per heavy atom. The molecule has 2 amide bonds. The fraction of sp³-hybridized carbons (Fsp3) is 0.150. The summed E-state index contributed by atoms with van der Waals surface area (Å²) >= 11 is 7.26. The van der Waals surface area contributed by atoms with E-state index < -0.39 is 0 Å². The molecule has 27 heavy (non-hydrogen) atoms. The molecule has 0 saturated heterocycles. The topological polar surface area (TPSA) is 71.1 Å². The minimum Gasteiger partial charge on any atom is -0.354 e. The lowest BCUT2D eigenvalue weighted by Gasteiger charge is -2.07. The Morgan fingerprint density at radius 2 is 1.67 bits per heavy atom. The van der Waals surface area contributed by atoms with E-state index in [0.717, 1.165) is 15.8 Å². The molecule has 0 saturated carbocycles. The van der Waals surface area contributed by atoms with Crippen LogP contribution in [0.4, 0.5) is 0 Å². The van der Waals surface area contributed by atoms with E-state index >= 15 is 0 Å². The zero-order valence-corrected chi connectivity index (χ0v) is 16.0. The SMILES string of the molecule is O=C(CSc1ccc(Cl)cc1)NCCNC(=O)c1ccc2ccccc2n1. The number of carbonyl (C=O) groups is 2. The summed E-state index contributed by atoms with van der Waals surface area (Å²) < 4.78 is 0. The third-order valence-electron chi connectivity index (χ3n) is 3.75. The summed E-state index contributed by atoms with van der Waals surface area (Å²) in [6.45, 7) is 0.698. The second-order valence-electron chi connectivity index (χ2n) is 5.74. The smallest absolute Gasteiger partial charge is 0.269 e. The van der Waals surface area contributed by atoms with Gasteiger partial charge in [-0.15, -0.1) is 11.8 Å². The number of halogens is 1.